The fourth-order valence-electron chi connectivity index (χ4n) is 2.91. The molecule has 1 fully saturated rings. The second-order valence-electron chi connectivity index (χ2n) is 5.95. The lowest BCUT2D eigenvalue weighted by Gasteiger charge is -2.21. The van der Waals surface area contributed by atoms with Crippen molar-refractivity contribution in [2.24, 2.45) is 5.73 Å². The molecule has 21 heavy (non-hydrogen) atoms. The highest BCUT2D eigenvalue weighted by Gasteiger charge is 2.14. The molecule has 4 heteroatoms. The first-order chi connectivity index (χ1) is 10.3. The lowest BCUT2D eigenvalue weighted by atomic mass is 10.2. The number of benzene rings is 1. The van der Waals surface area contributed by atoms with E-state index in [-0.39, 0.29) is 5.82 Å². The van der Waals surface area contributed by atoms with E-state index in [0.717, 1.165) is 39.1 Å². The molecule has 0 aromatic heterocycles. The molecular formula is C17H28FN3. The molecule has 0 amide bonds. The van der Waals surface area contributed by atoms with Gasteiger partial charge in [-0.3, -0.25) is 4.90 Å². The molecule has 0 spiro atoms. The van der Waals surface area contributed by atoms with E-state index < -0.39 is 0 Å². The van der Waals surface area contributed by atoms with Gasteiger partial charge in [0.15, 0.2) is 0 Å². The van der Waals surface area contributed by atoms with Crippen LogP contribution in [-0.2, 0) is 6.54 Å². The molecule has 1 aromatic rings. The van der Waals surface area contributed by atoms with Gasteiger partial charge in [-0.05, 0) is 63.1 Å². The third-order valence-corrected chi connectivity index (χ3v) is 4.18. The van der Waals surface area contributed by atoms with Crippen LogP contribution in [0.5, 0.6) is 0 Å². The average Bonchev–Trinajstić information content (AvgIpc) is 2.72. The summed E-state index contributed by atoms with van der Waals surface area (Å²) in [5.41, 5.74) is 6.73. The highest BCUT2D eigenvalue weighted by atomic mass is 19.1. The maximum atomic E-state index is 12.9. The zero-order chi connectivity index (χ0) is 14.9. The molecule has 3 nitrogen and oxygen atoms in total. The highest BCUT2D eigenvalue weighted by Crippen LogP contribution is 2.10. The molecule has 1 aromatic carbocycles. The van der Waals surface area contributed by atoms with Crippen LogP contribution in [-0.4, -0.2) is 49.1 Å². The monoisotopic (exact) mass is 293 g/mol. The van der Waals surface area contributed by atoms with Crippen molar-refractivity contribution in [3.63, 3.8) is 0 Å². The molecule has 0 radical (unpaired) electrons. The summed E-state index contributed by atoms with van der Waals surface area (Å²) in [6.07, 6.45) is 4.87. The summed E-state index contributed by atoms with van der Waals surface area (Å²) in [6.45, 7) is 7.52. The van der Waals surface area contributed by atoms with Gasteiger partial charge in [0.25, 0.3) is 0 Å². The summed E-state index contributed by atoms with van der Waals surface area (Å²) < 4.78 is 12.9. The lowest BCUT2D eigenvalue weighted by molar-refractivity contribution is 0.248. The van der Waals surface area contributed by atoms with Gasteiger partial charge in [0.05, 0.1) is 0 Å². The third kappa shape index (κ3) is 6.12. The van der Waals surface area contributed by atoms with Crippen LogP contribution in [0.2, 0.25) is 0 Å². The van der Waals surface area contributed by atoms with Crippen molar-refractivity contribution in [3.8, 4) is 0 Å². The fraction of sp³-hybridized carbons (Fsp3) is 0.647. The molecular weight excluding hydrogens is 265 g/mol. The minimum atomic E-state index is -0.154. The normalized spacial score (nSPS) is 17.8. The van der Waals surface area contributed by atoms with Crippen molar-refractivity contribution in [2.45, 2.75) is 32.2 Å². The molecule has 1 aliphatic rings. The molecule has 1 aliphatic heterocycles. The van der Waals surface area contributed by atoms with Gasteiger partial charge in [-0.25, -0.2) is 4.39 Å². The number of hydrogen-bond acceptors (Lipinski definition) is 3. The topological polar surface area (TPSA) is 32.5 Å². The first-order valence-electron chi connectivity index (χ1n) is 8.17. The van der Waals surface area contributed by atoms with E-state index in [1.807, 2.05) is 12.1 Å². The predicted molar refractivity (Wildman–Crippen MR) is 85.6 cm³/mol. The maximum absolute atomic E-state index is 12.9. The Bertz CT molecular complexity index is 394. The lowest BCUT2D eigenvalue weighted by Crippen LogP contribution is -2.31. The molecule has 0 unspecified atom stereocenters. The number of unbranched alkanes of at least 4 members (excludes halogenated alkanes) is 2. The SMILES string of the molecule is NCCCCCN1CCCN(Cc2ccc(F)cc2)CC1. The van der Waals surface area contributed by atoms with Crippen LogP contribution in [0.3, 0.4) is 0 Å². The van der Waals surface area contributed by atoms with Crippen molar-refractivity contribution in [1.29, 1.82) is 0 Å². The molecule has 0 aliphatic carbocycles. The number of hydrogen-bond donors (Lipinski definition) is 1. The first kappa shape index (κ1) is 16.4. The molecule has 2 rings (SSSR count). The highest BCUT2D eigenvalue weighted by molar-refractivity contribution is 5.15. The molecule has 1 saturated heterocycles. The van der Waals surface area contributed by atoms with Crippen LogP contribution >= 0.6 is 0 Å². The average molecular weight is 293 g/mol. The number of nitrogens with zero attached hydrogens (tertiary/aromatic N) is 2. The van der Waals surface area contributed by atoms with Gasteiger partial charge in [0, 0.05) is 19.6 Å². The van der Waals surface area contributed by atoms with Crippen molar-refractivity contribution >= 4 is 0 Å². The van der Waals surface area contributed by atoms with Gasteiger partial charge in [-0.2, -0.15) is 0 Å². The second kappa shape index (κ2) is 9.13. The molecule has 0 atom stereocenters. The number of nitrogens with two attached hydrogens (primary N) is 1. The van der Waals surface area contributed by atoms with E-state index in [1.54, 1.807) is 12.1 Å². The quantitative estimate of drug-likeness (QED) is 0.784. The van der Waals surface area contributed by atoms with E-state index in [2.05, 4.69) is 9.80 Å². The zero-order valence-electron chi connectivity index (χ0n) is 12.9. The Kier molecular flexibility index (Phi) is 7.13. The zero-order valence-corrected chi connectivity index (χ0v) is 12.9. The maximum Gasteiger partial charge on any atom is 0.123 e. The van der Waals surface area contributed by atoms with Gasteiger partial charge >= 0.3 is 0 Å². The van der Waals surface area contributed by atoms with Crippen molar-refractivity contribution in [2.75, 3.05) is 39.3 Å². The van der Waals surface area contributed by atoms with Gasteiger partial charge in [0.2, 0.25) is 0 Å². The molecule has 1 heterocycles. The van der Waals surface area contributed by atoms with Gasteiger partial charge < -0.3 is 10.6 Å². The van der Waals surface area contributed by atoms with E-state index in [0.29, 0.717) is 0 Å². The molecule has 118 valence electrons. The molecule has 0 saturated carbocycles. The Labute approximate surface area is 127 Å². The number of halogens is 1. The van der Waals surface area contributed by atoms with Gasteiger partial charge in [-0.1, -0.05) is 18.6 Å². The summed E-state index contributed by atoms with van der Waals surface area (Å²) in [6, 6.07) is 6.89. The first-order valence-corrected chi connectivity index (χ1v) is 8.17. The Morgan fingerprint density at radius 3 is 2.38 bits per heavy atom. The van der Waals surface area contributed by atoms with Crippen molar-refractivity contribution in [3.05, 3.63) is 35.6 Å². The van der Waals surface area contributed by atoms with Gasteiger partial charge in [0.1, 0.15) is 5.82 Å². The smallest absolute Gasteiger partial charge is 0.123 e. The van der Waals surface area contributed by atoms with Crippen molar-refractivity contribution < 1.29 is 4.39 Å². The van der Waals surface area contributed by atoms with E-state index in [4.69, 9.17) is 5.73 Å². The predicted octanol–water partition coefficient (Wildman–Crippen LogP) is 2.46. The van der Waals surface area contributed by atoms with Crippen molar-refractivity contribution in [1.82, 2.24) is 9.80 Å². The second-order valence-corrected chi connectivity index (χ2v) is 5.95. The summed E-state index contributed by atoms with van der Waals surface area (Å²) in [5, 5.41) is 0. The van der Waals surface area contributed by atoms with E-state index in [9.17, 15) is 4.39 Å². The fourth-order valence-corrected chi connectivity index (χ4v) is 2.91. The Morgan fingerprint density at radius 1 is 0.905 bits per heavy atom. The summed E-state index contributed by atoms with van der Waals surface area (Å²) >= 11 is 0. The van der Waals surface area contributed by atoms with Crippen LogP contribution in [0.15, 0.2) is 24.3 Å². The van der Waals surface area contributed by atoms with Crippen LogP contribution in [0.25, 0.3) is 0 Å². The minimum absolute atomic E-state index is 0.154. The van der Waals surface area contributed by atoms with Crippen LogP contribution in [0.4, 0.5) is 4.39 Å². The van der Waals surface area contributed by atoms with Crippen LogP contribution < -0.4 is 5.73 Å². The van der Waals surface area contributed by atoms with E-state index >= 15 is 0 Å². The minimum Gasteiger partial charge on any atom is -0.330 e. The third-order valence-electron chi connectivity index (χ3n) is 4.18. The Hall–Kier alpha value is -0.970. The van der Waals surface area contributed by atoms with Gasteiger partial charge in [-0.15, -0.1) is 0 Å². The molecule has 2 N–H and O–H groups in total. The largest absolute Gasteiger partial charge is 0.330 e. The Morgan fingerprint density at radius 2 is 1.62 bits per heavy atom. The standard InChI is InChI=1S/C17H28FN3/c18-17-7-5-16(6-8-17)15-21-12-4-11-20(13-14-21)10-3-1-2-9-19/h5-8H,1-4,9-15,19H2. The van der Waals surface area contributed by atoms with Crippen LogP contribution in [0.1, 0.15) is 31.2 Å². The summed E-state index contributed by atoms with van der Waals surface area (Å²) in [5.74, 6) is -0.154. The Balaban J connectivity index is 1.71. The van der Waals surface area contributed by atoms with Crippen LogP contribution in [0, 0.1) is 5.82 Å². The summed E-state index contributed by atoms with van der Waals surface area (Å²) in [7, 11) is 0. The molecule has 0 bridgehead atoms. The van der Waals surface area contributed by atoms with E-state index in [1.165, 1.54) is 37.9 Å². The summed E-state index contributed by atoms with van der Waals surface area (Å²) in [4.78, 5) is 5.05. The number of rotatable bonds is 7.